The number of thiophene rings is 1. The highest BCUT2D eigenvalue weighted by Crippen LogP contribution is 2.41. The molecule has 1 heterocycles. The molecule has 0 aliphatic rings. The standard InChI is InChI=1S/C12H21N3O3S2/c1-4-6-7-15(5-2)12-10(20(3,17)18)8(13)9(19-12)11(14)16/h4-7,13H2,1-3H3,(H2,14,16). The van der Waals surface area contributed by atoms with E-state index in [4.69, 9.17) is 11.5 Å². The zero-order chi connectivity index (χ0) is 15.5. The third-order valence-corrected chi connectivity index (χ3v) is 5.49. The van der Waals surface area contributed by atoms with E-state index in [9.17, 15) is 13.2 Å². The van der Waals surface area contributed by atoms with Crippen molar-refractivity contribution in [2.75, 3.05) is 30.0 Å². The Kier molecular flexibility index (Phi) is 5.41. The van der Waals surface area contributed by atoms with Crippen LogP contribution in [0.5, 0.6) is 0 Å². The van der Waals surface area contributed by atoms with Gasteiger partial charge in [-0.3, -0.25) is 4.79 Å². The van der Waals surface area contributed by atoms with Crippen LogP contribution in [0.2, 0.25) is 0 Å². The number of unbranched alkanes of at least 4 members (excludes halogenated alkanes) is 1. The summed E-state index contributed by atoms with van der Waals surface area (Å²) in [6.07, 6.45) is 3.02. The van der Waals surface area contributed by atoms with Gasteiger partial charge in [0.2, 0.25) is 0 Å². The lowest BCUT2D eigenvalue weighted by Gasteiger charge is -2.22. The maximum absolute atomic E-state index is 12.0. The number of amides is 1. The first-order valence-corrected chi connectivity index (χ1v) is 9.11. The molecule has 0 saturated carbocycles. The van der Waals surface area contributed by atoms with Gasteiger partial charge in [0.05, 0.1) is 5.69 Å². The number of anilines is 2. The second-order valence-corrected chi connectivity index (χ2v) is 7.50. The number of primary amides is 1. The average Bonchev–Trinajstić information content (AvgIpc) is 2.68. The third-order valence-electron chi connectivity index (χ3n) is 2.93. The van der Waals surface area contributed by atoms with E-state index in [0.717, 1.165) is 30.4 Å². The van der Waals surface area contributed by atoms with Crippen LogP contribution >= 0.6 is 11.3 Å². The van der Waals surface area contributed by atoms with Crippen molar-refractivity contribution < 1.29 is 13.2 Å². The molecule has 20 heavy (non-hydrogen) atoms. The highest BCUT2D eigenvalue weighted by atomic mass is 32.2. The third kappa shape index (κ3) is 3.43. The maximum atomic E-state index is 12.0. The Morgan fingerprint density at radius 1 is 1.35 bits per heavy atom. The quantitative estimate of drug-likeness (QED) is 0.791. The SMILES string of the molecule is CCCCN(CC)c1sc(C(N)=O)c(N)c1S(C)(=O)=O. The maximum Gasteiger partial charge on any atom is 0.261 e. The largest absolute Gasteiger partial charge is 0.396 e. The van der Waals surface area contributed by atoms with Crippen LogP contribution in [0.25, 0.3) is 0 Å². The Hall–Kier alpha value is -1.28. The van der Waals surface area contributed by atoms with Crippen LogP contribution in [0.1, 0.15) is 36.4 Å². The van der Waals surface area contributed by atoms with Gasteiger partial charge in [0.25, 0.3) is 5.91 Å². The second-order valence-electron chi connectivity index (χ2n) is 4.55. The number of nitrogens with zero attached hydrogens (tertiary/aromatic N) is 1. The molecule has 114 valence electrons. The van der Waals surface area contributed by atoms with Crippen molar-refractivity contribution >= 4 is 37.8 Å². The lowest BCUT2D eigenvalue weighted by molar-refractivity contribution is 0.100. The summed E-state index contributed by atoms with van der Waals surface area (Å²) in [5.74, 6) is -0.699. The Morgan fingerprint density at radius 3 is 2.35 bits per heavy atom. The molecule has 0 bridgehead atoms. The van der Waals surface area contributed by atoms with Crippen LogP contribution in [0.3, 0.4) is 0 Å². The Labute approximate surface area is 123 Å². The Balaban J connectivity index is 3.44. The number of hydrogen-bond acceptors (Lipinski definition) is 6. The second kappa shape index (κ2) is 6.45. The number of carbonyl (C=O) groups excluding carboxylic acids is 1. The van der Waals surface area contributed by atoms with E-state index in [1.807, 2.05) is 11.8 Å². The zero-order valence-corrected chi connectivity index (χ0v) is 13.6. The molecular weight excluding hydrogens is 298 g/mol. The average molecular weight is 319 g/mol. The summed E-state index contributed by atoms with van der Waals surface area (Å²) in [7, 11) is -3.52. The van der Waals surface area contributed by atoms with Crippen LogP contribution in [0.4, 0.5) is 10.7 Å². The fourth-order valence-corrected chi connectivity index (χ4v) is 4.57. The molecule has 0 spiro atoms. The molecule has 0 aromatic carbocycles. The zero-order valence-electron chi connectivity index (χ0n) is 12.0. The number of carbonyl (C=O) groups is 1. The molecule has 1 aromatic heterocycles. The first-order chi connectivity index (χ1) is 9.23. The molecule has 0 radical (unpaired) electrons. The van der Waals surface area contributed by atoms with Gasteiger partial charge in [-0.25, -0.2) is 8.42 Å². The number of hydrogen-bond donors (Lipinski definition) is 2. The predicted octanol–water partition coefficient (Wildman–Crippen LogP) is 1.46. The number of nitrogen functional groups attached to an aromatic ring is 1. The monoisotopic (exact) mass is 319 g/mol. The molecule has 1 aromatic rings. The minimum atomic E-state index is -3.52. The van der Waals surface area contributed by atoms with Crippen molar-refractivity contribution in [1.82, 2.24) is 0 Å². The summed E-state index contributed by atoms with van der Waals surface area (Å²) in [5, 5.41) is 0.509. The Morgan fingerprint density at radius 2 is 1.95 bits per heavy atom. The van der Waals surface area contributed by atoms with Gasteiger partial charge in [-0.2, -0.15) is 0 Å². The minimum Gasteiger partial charge on any atom is -0.396 e. The first kappa shape index (κ1) is 16.8. The smallest absolute Gasteiger partial charge is 0.261 e. The summed E-state index contributed by atoms with van der Waals surface area (Å²) in [5.41, 5.74) is 11.0. The van der Waals surface area contributed by atoms with E-state index < -0.39 is 15.7 Å². The summed E-state index contributed by atoms with van der Waals surface area (Å²) in [6, 6.07) is 0. The van der Waals surface area contributed by atoms with Crippen molar-refractivity contribution in [1.29, 1.82) is 0 Å². The van der Waals surface area contributed by atoms with Gasteiger partial charge < -0.3 is 16.4 Å². The van der Waals surface area contributed by atoms with Crippen molar-refractivity contribution in [3.05, 3.63) is 4.88 Å². The molecule has 0 aliphatic heterocycles. The van der Waals surface area contributed by atoms with E-state index in [-0.39, 0.29) is 15.5 Å². The van der Waals surface area contributed by atoms with Gasteiger partial charge in [0.1, 0.15) is 14.8 Å². The van der Waals surface area contributed by atoms with E-state index >= 15 is 0 Å². The van der Waals surface area contributed by atoms with Gasteiger partial charge in [0, 0.05) is 19.3 Å². The number of sulfone groups is 1. The Bertz CT molecular complexity index is 593. The van der Waals surface area contributed by atoms with Crippen LogP contribution < -0.4 is 16.4 Å². The summed E-state index contributed by atoms with van der Waals surface area (Å²) >= 11 is 1.05. The fraction of sp³-hybridized carbons (Fsp3) is 0.583. The van der Waals surface area contributed by atoms with Gasteiger partial charge in [-0.15, -0.1) is 11.3 Å². The number of nitrogens with two attached hydrogens (primary N) is 2. The topological polar surface area (TPSA) is 106 Å². The van der Waals surface area contributed by atoms with E-state index in [0.29, 0.717) is 18.1 Å². The lowest BCUT2D eigenvalue weighted by Crippen LogP contribution is -2.24. The fourth-order valence-electron chi connectivity index (χ4n) is 1.92. The van der Waals surface area contributed by atoms with Crippen LogP contribution in [-0.2, 0) is 9.84 Å². The molecule has 0 aliphatic carbocycles. The summed E-state index contributed by atoms with van der Waals surface area (Å²) in [6.45, 7) is 5.35. The molecule has 0 unspecified atom stereocenters. The number of rotatable bonds is 7. The molecule has 6 nitrogen and oxygen atoms in total. The highest BCUT2D eigenvalue weighted by molar-refractivity contribution is 7.91. The van der Waals surface area contributed by atoms with E-state index in [2.05, 4.69) is 6.92 Å². The van der Waals surface area contributed by atoms with Crippen molar-refractivity contribution in [3.63, 3.8) is 0 Å². The van der Waals surface area contributed by atoms with Crippen molar-refractivity contribution in [2.24, 2.45) is 5.73 Å². The van der Waals surface area contributed by atoms with E-state index in [1.165, 1.54) is 0 Å². The van der Waals surface area contributed by atoms with Gasteiger partial charge in [0.15, 0.2) is 9.84 Å². The first-order valence-electron chi connectivity index (χ1n) is 6.41. The molecule has 1 amide bonds. The summed E-state index contributed by atoms with van der Waals surface area (Å²) in [4.78, 5) is 13.4. The lowest BCUT2D eigenvalue weighted by atomic mass is 10.3. The van der Waals surface area contributed by atoms with Gasteiger partial charge in [-0.05, 0) is 13.3 Å². The van der Waals surface area contributed by atoms with Crippen LogP contribution in [0.15, 0.2) is 4.90 Å². The highest BCUT2D eigenvalue weighted by Gasteiger charge is 2.28. The minimum absolute atomic E-state index is 0.0225. The van der Waals surface area contributed by atoms with Crippen LogP contribution in [-0.4, -0.2) is 33.7 Å². The molecule has 4 N–H and O–H groups in total. The van der Waals surface area contributed by atoms with Crippen molar-refractivity contribution in [3.8, 4) is 0 Å². The molecular formula is C12H21N3O3S2. The molecule has 0 atom stereocenters. The molecule has 1 rings (SSSR count). The predicted molar refractivity (Wildman–Crippen MR) is 83.2 cm³/mol. The van der Waals surface area contributed by atoms with E-state index in [1.54, 1.807) is 0 Å². The van der Waals surface area contributed by atoms with Gasteiger partial charge in [-0.1, -0.05) is 13.3 Å². The normalized spacial score (nSPS) is 11.6. The molecule has 0 fully saturated rings. The van der Waals surface area contributed by atoms with Gasteiger partial charge >= 0.3 is 0 Å². The molecule has 0 saturated heterocycles. The van der Waals surface area contributed by atoms with Crippen LogP contribution in [0, 0.1) is 0 Å². The summed E-state index contributed by atoms with van der Waals surface area (Å²) < 4.78 is 23.9. The van der Waals surface area contributed by atoms with Crippen molar-refractivity contribution in [2.45, 2.75) is 31.6 Å². The molecule has 8 heteroatoms.